The zero-order valence-corrected chi connectivity index (χ0v) is 19.5. The van der Waals surface area contributed by atoms with Crippen LogP contribution >= 0.6 is 11.6 Å². The van der Waals surface area contributed by atoms with Crippen LogP contribution in [0.1, 0.15) is 36.7 Å². The minimum Gasteiger partial charge on any atom is -0.452 e. The average molecular weight is 476 g/mol. The van der Waals surface area contributed by atoms with E-state index in [-0.39, 0.29) is 12.1 Å². The summed E-state index contributed by atoms with van der Waals surface area (Å²) in [4.78, 5) is 48.1. The summed E-state index contributed by atoms with van der Waals surface area (Å²) in [6.07, 6.45) is -0.668. The zero-order chi connectivity index (χ0) is 24.6. The van der Waals surface area contributed by atoms with Crippen molar-refractivity contribution in [3.05, 3.63) is 58.6 Å². The van der Waals surface area contributed by atoms with E-state index < -0.39 is 36.1 Å². The number of benzene rings is 2. The van der Waals surface area contributed by atoms with Gasteiger partial charge in [0.2, 0.25) is 5.91 Å². The van der Waals surface area contributed by atoms with Crippen LogP contribution in [0.15, 0.2) is 42.5 Å². The molecule has 0 radical (unpaired) electrons. The lowest BCUT2D eigenvalue weighted by Gasteiger charge is -2.19. The van der Waals surface area contributed by atoms with Crippen molar-refractivity contribution in [2.45, 2.75) is 33.3 Å². The van der Waals surface area contributed by atoms with Gasteiger partial charge in [-0.1, -0.05) is 23.7 Å². The van der Waals surface area contributed by atoms with Crippen molar-refractivity contribution >= 4 is 46.9 Å². The predicted molar refractivity (Wildman–Crippen MR) is 124 cm³/mol. The topological polar surface area (TPSA) is 123 Å². The summed E-state index contributed by atoms with van der Waals surface area (Å²) in [6, 6.07) is 11.1. The van der Waals surface area contributed by atoms with Crippen molar-refractivity contribution in [1.82, 2.24) is 5.32 Å². The predicted octanol–water partition coefficient (Wildman–Crippen LogP) is 3.91. The summed E-state index contributed by atoms with van der Waals surface area (Å²) in [5.74, 6) is -1.87. The van der Waals surface area contributed by atoms with Gasteiger partial charge in [-0.15, -0.1) is 0 Å². The van der Waals surface area contributed by atoms with Gasteiger partial charge in [-0.3, -0.25) is 14.9 Å². The van der Waals surface area contributed by atoms with Gasteiger partial charge in [0.25, 0.3) is 5.91 Å². The molecule has 3 N–H and O–H groups in total. The van der Waals surface area contributed by atoms with Crippen LogP contribution in [0, 0.1) is 6.92 Å². The van der Waals surface area contributed by atoms with E-state index in [9.17, 15) is 19.2 Å². The molecule has 0 unspecified atom stereocenters. The second kappa shape index (κ2) is 11.3. The smallest absolute Gasteiger partial charge is 0.412 e. The van der Waals surface area contributed by atoms with Crippen molar-refractivity contribution in [3.8, 4) is 0 Å². The molecule has 2 aromatic rings. The van der Waals surface area contributed by atoms with Crippen molar-refractivity contribution in [2.24, 2.45) is 0 Å². The summed E-state index contributed by atoms with van der Waals surface area (Å²) in [7, 11) is 0. The number of rotatable bonds is 7. The van der Waals surface area contributed by atoms with E-state index in [2.05, 4.69) is 16.0 Å². The molecule has 0 aliphatic rings. The summed E-state index contributed by atoms with van der Waals surface area (Å²) in [6.45, 7) is 6.06. The van der Waals surface area contributed by atoms with Crippen LogP contribution in [0.4, 0.5) is 16.2 Å². The van der Waals surface area contributed by atoms with Gasteiger partial charge in [0, 0.05) is 16.4 Å². The van der Waals surface area contributed by atoms with Gasteiger partial charge in [-0.05, 0) is 63.6 Å². The molecule has 0 saturated heterocycles. The van der Waals surface area contributed by atoms with Crippen molar-refractivity contribution in [2.75, 3.05) is 23.8 Å². The van der Waals surface area contributed by atoms with Crippen LogP contribution in [0.25, 0.3) is 0 Å². The van der Waals surface area contributed by atoms with Gasteiger partial charge in [0.15, 0.2) is 6.61 Å². The van der Waals surface area contributed by atoms with E-state index in [1.807, 2.05) is 0 Å². The fourth-order valence-electron chi connectivity index (χ4n) is 2.53. The molecule has 10 heteroatoms. The molecule has 0 fully saturated rings. The number of carbonyl (C=O) groups excluding carboxylic acids is 4. The van der Waals surface area contributed by atoms with Gasteiger partial charge < -0.3 is 20.1 Å². The van der Waals surface area contributed by atoms with E-state index in [0.717, 1.165) is 0 Å². The molecule has 0 aliphatic heterocycles. The monoisotopic (exact) mass is 475 g/mol. The van der Waals surface area contributed by atoms with Crippen LogP contribution in [-0.2, 0) is 19.1 Å². The lowest BCUT2D eigenvalue weighted by Crippen LogP contribution is -2.35. The SMILES string of the molecule is Cc1c(Cl)cccc1NC(=O)CNC(=O)COC(=O)c1cccc(NC(=O)OC(C)(C)C)c1. The van der Waals surface area contributed by atoms with E-state index in [1.165, 1.54) is 12.1 Å². The first-order valence-corrected chi connectivity index (χ1v) is 10.4. The third-order valence-corrected chi connectivity index (χ3v) is 4.48. The Morgan fingerprint density at radius 3 is 2.36 bits per heavy atom. The third-order valence-electron chi connectivity index (χ3n) is 4.07. The highest BCUT2D eigenvalue weighted by atomic mass is 35.5. The first kappa shape index (κ1) is 25.7. The molecule has 0 aliphatic carbocycles. The molecule has 0 bridgehead atoms. The number of hydrogen-bond acceptors (Lipinski definition) is 6. The van der Waals surface area contributed by atoms with Crippen molar-refractivity contribution in [1.29, 1.82) is 0 Å². The van der Waals surface area contributed by atoms with Crippen molar-refractivity contribution in [3.63, 3.8) is 0 Å². The van der Waals surface area contributed by atoms with Crippen LogP contribution < -0.4 is 16.0 Å². The third kappa shape index (κ3) is 8.82. The molecule has 3 amide bonds. The summed E-state index contributed by atoms with van der Waals surface area (Å²) in [5, 5.41) is 8.04. The molecule has 0 aromatic heterocycles. The summed E-state index contributed by atoms with van der Waals surface area (Å²) >= 11 is 6.01. The maximum atomic E-state index is 12.2. The summed E-state index contributed by atoms with van der Waals surface area (Å²) in [5.41, 5.74) is 1.03. The van der Waals surface area contributed by atoms with Crippen LogP contribution in [0.3, 0.4) is 0 Å². The number of nitrogens with one attached hydrogen (secondary N) is 3. The molecule has 0 atom stereocenters. The van der Waals surface area contributed by atoms with Crippen LogP contribution in [-0.4, -0.2) is 42.6 Å². The molecule has 33 heavy (non-hydrogen) atoms. The Kier molecular flexibility index (Phi) is 8.81. The summed E-state index contributed by atoms with van der Waals surface area (Å²) < 4.78 is 10.1. The second-order valence-electron chi connectivity index (χ2n) is 8.02. The highest BCUT2D eigenvalue weighted by Gasteiger charge is 2.17. The normalized spacial score (nSPS) is 10.7. The maximum absolute atomic E-state index is 12.2. The molecule has 2 rings (SSSR count). The number of anilines is 2. The van der Waals surface area contributed by atoms with Gasteiger partial charge >= 0.3 is 12.1 Å². The molecular formula is C23H26ClN3O6. The van der Waals surface area contributed by atoms with E-state index in [1.54, 1.807) is 58.0 Å². The Morgan fingerprint density at radius 1 is 0.970 bits per heavy atom. The maximum Gasteiger partial charge on any atom is 0.412 e. The number of amides is 3. The van der Waals surface area contributed by atoms with Gasteiger partial charge in [0.1, 0.15) is 5.60 Å². The molecule has 9 nitrogen and oxygen atoms in total. The first-order chi connectivity index (χ1) is 15.4. The highest BCUT2D eigenvalue weighted by Crippen LogP contribution is 2.22. The van der Waals surface area contributed by atoms with E-state index in [4.69, 9.17) is 21.1 Å². The van der Waals surface area contributed by atoms with E-state index >= 15 is 0 Å². The average Bonchev–Trinajstić information content (AvgIpc) is 2.72. The Balaban J connectivity index is 1.80. The van der Waals surface area contributed by atoms with Gasteiger partial charge in [-0.25, -0.2) is 9.59 Å². The van der Waals surface area contributed by atoms with Crippen LogP contribution in [0.2, 0.25) is 5.02 Å². The molecule has 0 heterocycles. The molecule has 0 spiro atoms. The Bertz CT molecular complexity index is 1050. The number of ether oxygens (including phenoxy) is 2. The van der Waals surface area contributed by atoms with Gasteiger partial charge in [0.05, 0.1) is 12.1 Å². The number of carbonyl (C=O) groups is 4. The Labute approximate surface area is 196 Å². The fourth-order valence-corrected chi connectivity index (χ4v) is 2.70. The lowest BCUT2D eigenvalue weighted by molar-refractivity contribution is -0.126. The standard InChI is InChI=1S/C23H26ClN3O6/c1-14-17(24)9-6-10-18(14)27-19(28)12-25-20(29)13-32-21(30)15-7-5-8-16(11-15)26-22(31)33-23(2,3)4/h5-11H,12-13H2,1-4H3,(H,25,29)(H,26,31)(H,27,28). The molecule has 176 valence electrons. The molecule has 0 saturated carbocycles. The highest BCUT2D eigenvalue weighted by molar-refractivity contribution is 6.31. The van der Waals surface area contributed by atoms with Crippen LogP contribution in [0.5, 0.6) is 0 Å². The number of esters is 1. The zero-order valence-electron chi connectivity index (χ0n) is 18.8. The first-order valence-electron chi connectivity index (χ1n) is 10.0. The second-order valence-corrected chi connectivity index (χ2v) is 8.43. The van der Waals surface area contributed by atoms with Crippen molar-refractivity contribution < 1.29 is 28.7 Å². The quantitative estimate of drug-likeness (QED) is 0.522. The Hall–Kier alpha value is -3.59. The minimum atomic E-state index is -0.767. The van der Waals surface area contributed by atoms with E-state index in [0.29, 0.717) is 22.0 Å². The Morgan fingerprint density at radius 2 is 1.67 bits per heavy atom. The lowest BCUT2D eigenvalue weighted by atomic mass is 10.2. The number of halogens is 1. The largest absolute Gasteiger partial charge is 0.452 e. The fraction of sp³-hybridized carbons (Fsp3) is 0.304. The molecule has 2 aromatic carbocycles. The minimum absolute atomic E-state index is 0.130. The molecular weight excluding hydrogens is 450 g/mol. The van der Waals surface area contributed by atoms with Gasteiger partial charge in [-0.2, -0.15) is 0 Å². The number of hydrogen-bond donors (Lipinski definition) is 3.